The molecule has 1 atom stereocenters. The molecule has 1 amide bonds. The average Bonchev–Trinajstić information content (AvgIpc) is 3.02. The molecule has 4 rings (SSSR count). The third-order valence-corrected chi connectivity index (χ3v) is 6.22. The van der Waals surface area contributed by atoms with Gasteiger partial charge in [0, 0.05) is 31.8 Å². The number of nitro benzene ring substituents is 1. The summed E-state index contributed by atoms with van der Waals surface area (Å²) in [6.07, 6.45) is 2.07. The Morgan fingerprint density at radius 1 is 1.18 bits per heavy atom. The summed E-state index contributed by atoms with van der Waals surface area (Å²) in [5.74, 6) is -0.114. The molecule has 0 radical (unpaired) electrons. The Balaban J connectivity index is 1.65. The highest BCUT2D eigenvalue weighted by Crippen LogP contribution is 2.32. The third kappa shape index (κ3) is 4.26. The first kappa shape index (κ1) is 22.3. The van der Waals surface area contributed by atoms with E-state index in [1.165, 1.54) is 10.7 Å². The molecule has 2 heterocycles. The zero-order chi connectivity index (χ0) is 23.7. The van der Waals surface area contributed by atoms with Gasteiger partial charge in [-0.25, -0.2) is 4.68 Å². The number of para-hydroxylation sites is 1. The van der Waals surface area contributed by atoms with Crippen LogP contribution in [0.3, 0.4) is 0 Å². The fourth-order valence-electron chi connectivity index (χ4n) is 4.38. The quantitative estimate of drug-likeness (QED) is 0.470. The Labute approximate surface area is 191 Å². The number of rotatable bonds is 5. The number of nitrogens with one attached hydrogen (secondary N) is 1. The number of nitro groups is 1. The van der Waals surface area contributed by atoms with Crippen molar-refractivity contribution in [1.29, 1.82) is 0 Å². The standard InChI is InChI=1S/C24H27N5O4/c1-16-8-7-13-27(15-16)20-12-11-18(14-21(20)29(32)33)23(30)25-22-17(2)26(3)28(24(22)31)19-9-5-4-6-10-19/h4-6,9-12,14,16H,7-8,13,15H2,1-3H3,(H,25,30)/t16-/m1/s1. The van der Waals surface area contributed by atoms with E-state index in [0.717, 1.165) is 25.9 Å². The van der Waals surface area contributed by atoms with Crippen molar-refractivity contribution in [3.63, 3.8) is 0 Å². The zero-order valence-corrected chi connectivity index (χ0v) is 18.9. The largest absolute Gasteiger partial charge is 0.366 e. The van der Waals surface area contributed by atoms with Gasteiger partial charge >= 0.3 is 0 Å². The molecular weight excluding hydrogens is 422 g/mol. The summed E-state index contributed by atoms with van der Waals surface area (Å²) in [5.41, 5.74) is 1.55. The molecule has 0 unspecified atom stereocenters. The minimum atomic E-state index is -0.567. The van der Waals surface area contributed by atoms with Gasteiger partial charge in [-0.2, -0.15) is 0 Å². The van der Waals surface area contributed by atoms with Crippen LogP contribution >= 0.6 is 0 Å². The van der Waals surface area contributed by atoms with E-state index in [1.54, 1.807) is 42.9 Å². The van der Waals surface area contributed by atoms with Crippen LogP contribution in [0.4, 0.5) is 17.1 Å². The van der Waals surface area contributed by atoms with Gasteiger partial charge in [0.15, 0.2) is 0 Å². The normalized spacial score (nSPS) is 16.0. The molecule has 3 aromatic rings. The van der Waals surface area contributed by atoms with Crippen LogP contribution in [0.5, 0.6) is 0 Å². The zero-order valence-electron chi connectivity index (χ0n) is 18.9. The second-order valence-electron chi connectivity index (χ2n) is 8.54. The molecule has 1 N–H and O–H groups in total. The molecule has 1 saturated heterocycles. The van der Waals surface area contributed by atoms with Crippen LogP contribution in [0.2, 0.25) is 0 Å². The van der Waals surface area contributed by atoms with Crippen LogP contribution in [-0.2, 0) is 7.05 Å². The number of aromatic nitrogens is 2. The van der Waals surface area contributed by atoms with E-state index < -0.39 is 10.8 Å². The van der Waals surface area contributed by atoms with E-state index in [4.69, 9.17) is 0 Å². The van der Waals surface area contributed by atoms with Crippen molar-refractivity contribution in [2.24, 2.45) is 13.0 Å². The number of piperidine rings is 1. The summed E-state index contributed by atoms with van der Waals surface area (Å²) < 4.78 is 3.13. The van der Waals surface area contributed by atoms with Crippen LogP contribution in [0.25, 0.3) is 5.69 Å². The molecule has 0 spiro atoms. The molecule has 0 saturated carbocycles. The van der Waals surface area contributed by atoms with Crippen molar-refractivity contribution < 1.29 is 9.72 Å². The Morgan fingerprint density at radius 2 is 1.91 bits per heavy atom. The highest BCUT2D eigenvalue weighted by atomic mass is 16.6. The van der Waals surface area contributed by atoms with Crippen LogP contribution in [0.1, 0.15) is 35.8 Å². The van der Waals surface area contributed by atoms with Gasteiger partial charge in [-0.1, -0.05) is 25.1 Å². The SMILES string of the molecule is Cc1c(NC(=O)c2ccc(N3CCC[C@@H](C)C3)c([N+](=O)[O-])c2)c(=O)n(-c2ccccc2)n1C. The van der Waals surface area contributed by atoms with Gasteiger partial charge in [0.25, 0.3) is 17.2 Å². The Bertz CT molecular complexity index is 1260. The highest BCUT2D eigenvalue weighted by molar-refractivity contribution is 6.05. The maximum Gasteiger partial charge on any atom is 0.295 e. The first-order valence-electron chi connectivity index (χ1n) is 11.0. The predicted octanol–water partition coefficient (Wildman–Crippen LogP) is 3.88. The number of hydrogen-bond acceptors (Lipinski definition) is 5. The van der Waals surface area contributed by atoms with Crippen LogP contribution < -0.4 is 15.8 Å². The lowest BCUT2D eigenvalue weighted by atomic mass is 9.99. The summed E-state index contributed by atoms with van der Waals surface area (Å²) in [4.78, 5) is 39.4. The van der Waals surface area contributed by atoms with Crippen LogP contribution in [0, 0.1) is 23.0 Å². The number of nitrogens with zero attached hydrogens (tertiary/aromatic N) is 4. The molecule has 1 fully saturated rings. The van der Waals surface area contributed by atoms with E-state index >= 15 is 0 Å². The summed E-state index contributed by atoms with van der Waals surface area (Å²) in [5, 5.41) is 14.5. The van der Waals surface area contributed by atoms with E-state index in [1.807, 2.05) is 23.1 Å². The van der Waals surface area contributed by atoms with Gasteiger partial charge in [0.05, 0.1) is 16.3 Å². The van der Waals surface area contributed by atoms with Crippen molar-refractivity contribution in [2.75, 3.05) is 23.3 Å². The fourth-order valence-corrected chi connectivity index (χ4v) is 4.38. The second-order valence-corrected chi connectivity index (χ2v) is 8.54. The van der Waals surface area contributed by atoms with Crippen molar-refractivity contribution in [1.82, 2.24) is 9.36 Å². The smallest absolute Gasteiger partial charge is 0.295 e. The van der Waals surface area contributed by atoms with Gasteiger partial charge in [0.2, 0.25) is 0 Å². The number of carbonyl (C=O) groups is 1. The minimum absolute atomic E-state index is 0.108. The van der Waals surface area contributed by atoms with Crippen molar-refractivity contribution in [3.8, 4) is 5.69 Å². The van der Waals surface area contributed by atoms with Crippen LogP contribution in [0.15, 0.2) is 53.3 Å². The minimum Gasteiger partial charge on any atom is -0.366 e. The lowest BCUT2D eigenvalue weighted by Gasteiger charge is -2.32. The van der Waals surface area contributed by atoms with Crippen LogP contribution in [-0.4, -0.2) is 33.3 Å². The van der Waals surface area contributed by atoms with Crippen molar-refractivity contribution in [2.45, 2.75) is 26.7 Å². The monoisotopic (exact) mass is 449 g/mol. The Hall–Kier alpha value is -3.88. The number of benzene rings is 2. The maximum absolute atomic E-state index is 13.1. The van der Waals surface area contributed by atoms with Gasteiger partial charge < -0.3 is 10.2 Å². The second kappa shape index (κ2) is 8.93. The molecule has 0 bridgehead atoms. The van der Waals surface area contributed by atoms with Gasteiger partial charge in [-0.3, -0.25) is 24.4 Å². The molecular formula is C24H27N5O4. The van der Waals surface area contributed by atoms with E-state index in [9.17, 15) is 19.7 Å². The molecule has 1 aliphatic heterocycles. The third-order valence-electron chi connectivity index (χ3n) is 6.22. The van der Waals surface area contributed by atoms with Gasteiger partial charge in [-0.05, 0) is 49.9 Å². The Kier molecular flexibility index (Phi) is 6.04. The predicted molar refractivity (Wildman–Crippen MR) is 127 cm³/mol. The molecule has 9 heteroatoms. The lowest BCUT2D eigenvalue weighted by Crippen LogP contribution is -2.34. The summed E-state index contributed by atoms with van der Waals surface area (Å²) in [6.45, 7) is 5.36. The molecule has 1 aromatic heterocycles. The first-order valence-corrected chi connectivity index (χ1v) is 11.0. The number of carbonyl (C=O) groups excluding carboxylic acids is 1. The average molecular weight is 450 g/mol. The summed E-state index contributed by atoms with van der Waals surface area (Å²) >= 11 is 0. The number of anilines is 2. The molecule has 33 heavy (non-hydrogen) atoms. The van der Waals surface area contributed by atoms with E-state index in [-0.39, 0.29) is 22.5 Å². The molecule has 0 aliphatic carbocycles. The van der Waals surface area contributed by atoms with E-state index in [0.29, 0.717) is 23.0 Å². The maximum atomic E-state index is 13.1. The topological polar surface area (TPSA) is 102 Å². The first-order chi connectivity index (χ1) is 15.8. The summed E-state index contributed by atoms with van der Waals surface area (Å²) in [7, 11) is 1.73. The van der Waals surface area contributed by atoms with Gasteiger partial charge in [0.1, 0.15) is 11.4 Å². The fraction of sp³-hybridized carbons (Fsp3) is 0.333. The molecule has 9 nitrogen and oxygen atoms in total. The Morgan fingerprint density at radius 3 is 2.58 bits per heavy atom. The molecule has 2 aromatic carbocycles. The number of amides is 1. The summed E-state index contributed by atoms with van der Waals surface area (Å²) in [6, 6.07) is 13.6. The van der Waals surface area contributed by atoms with Gasteiger partial charge in [-0.15, -0.1) is 0 Å². The molecule has 1 aliphatic rings. The molecule has 172 valence electrons. The van der Waals surface area contributed by atoms with Crippen molar-refractivity contribution in [3.05, 3.63) is 80.3 Å². The highest BCUT2D eigenvalue weighted by Gasteiger charge is 2.26. The number of hydrogen-bond donors (Lipinski definition) is 1. The van der Waals surface area contributed by atoms with Crippen molar-refractivity contribution >= 4 is 23.0 Å². The lowest BCUT2D eigenvalue weighted by molar-refractivity contribution is -0.384. The van der Waals surface area contributed by atoms with E-state index in [2.05, 4.69) is 12.2 Å².